The molecule has 0 saturated heterocycles. The van der Waals surface area contributed by atoms with E-state index in [1.165, 1.54) is 27.9 Å². The van der Waals surface area contributed by atoms with Crippen molar-refractivity contribution in [2.45, 2.75) is 0 Å². The van der Waals surface area contributed by atoms with Gasteiger partial charge in [-0.05, 0) is 56.9 Å². The summed E-state index contributed by atoms with van der Waals surface area (Å²) in [5.74, 6) is 0. The van der Waals surface area contributed by atoms with E-state index in [4.69, 9.17) is 0 Å². The summed E-state index contributed by atoms with van der Waals surface area (Å²) in [6.45, 7) is 0. The predicted molar refractivity (Wildman–Crippen MR) is 96.0 cm³/mol. The zero-order valence-corrected chi connectivity index (χ0v) is 13.5. The Kier molecular flexibility index (Phi) is 3.32. The van der Waals surface area contributed by atoms with Gasteiger partial charge in [-0.25, -0.2) is 0 Å². The Hall–Kier alpha value is -2.32. The first-order chi connectivity index (χ1) is 10.8. The number of rotatable bonds is 2. The number of aromatic nitrogens is 1. The molecule has 0 bridgehead atoms. The second-order valence-corrected chi connectivity index (χ2v) is 6.13. The minimum Gasteiger partial charge on any atom is -0.315 e. The SMILES string of the molecule is Brc1cc(-c2cccc(-c3ccccc3)c2)n2ccccc12. The number of nitrogens with zero attached hydrogens (tertiary/aromatic N) is 1. The zero-order chi connectivity index (χ0) is 14.9. The lowest BCUT2D eigenvalue weighted by Crippen LogP contribution is -1.87. The van der Waals surface area contributed by atoms with Crippen LogP contribution in [0.4, 0.5) is 0 Å². The quantitative estimate of drug-likeness (QED) is 0.416. The molecule has 2 aromatic heterocycles. The lowest BCUT2D eigenvalue weighted by Gasteiger charge is -2.06. The molecule has 0 atom stereocenters. The van der Waals surface area contributed by atoms with Crippen LogP contribution in [0.1, 0.15) is 0 Å². The van der Waals surface area contributed by atoms with Gasteiger partial charge in [0.25, 0.3) is 0 Å². The van der Waals surface area contributed by atoms with Gasteiger partial charge in [-0.3, -0.25) is 0 Å². The van der Waals surface area contributed by atoms with Crippen LogP contribution in [0.25, 0.3) is 27.9 Å². The molecule has 0 N–H and O–H groups in total. The van der Waals surface area contributed by atoms with E-state index in [0.29, 0.717) is 0 Å². The van der Waals surface area contributed by atoms with E-state index in [-0.39, 0.29) is 0 Å². The van der Waals surface area contributed by atoms with Crippen LogP contribution in [0.3, 0.4) is 0 Å². The summed E-state index contributed by atoms with van der Waals surface area (Å²) in [7, 11) is 0. The van der Waals surface area contributed by atoms with Gasteiger partial charge in [0.1, 0.15) is 0 Å². The normalized spacial score (nSPS) is 11.0. The van der Waals surface area contributed by atoms with Gasteiger partial charge in [-0.1, -0.05) is 54.6 Å². The van der Waals surface area contributed by atoms with Crippen molar-refractivity contribution >= 4 is 21.4 Å². The Morgan fingerprint density at radius 3 is 2.23 bits per heavy atom. The van der Waals surface area contributed by atoms with Crippen LogP contribution in [0.2, 0.25) is 0 Å². The van der Waals surface area contributed by atoms with Crippen LogP contribution in [0.5, 0.6) is 0 Å². The molecule has 2 aromatic carbocycles. The Labute approximate surface area is 138 Å². The molecule has 1 nitrogen and oxygen atoms in total. The van der Waals surface area contributed by atoms with Crippen molar-refractivity contribution < 1.29 is 0 Å². The molecule has 0 aliphatic rings. The third kappa shape index (κ3) is 2.26. The maximum absolute atomic E-state index is 3.66. The number of hydrogen-bond acceptors (Lipinski definition) is 0. The largest absolute Gasteiger partial charge is 0.315 e. The lowest BCUT2D eigenvalue weighted by molar-refractivity contribution is 1.20. The molecule has 0 unspecified atom stereocenters. The standard InChI is InChI=1S/C20H14BrN/c21-18-14-20(22-12-5-4-11-19(18)22)17-10-6-9-16(13-17)15-7-2-1-3-8-15/h1-14H. The van der Waals surface area contributed by atoms with Gasteiger partial charge < -0.3 is 4.40 Å². The zero-order valence-electron chi connectivity index (χ0n) is 11.9. The highest BCUT2D eigenvalue weighted by Crippen LogP contribution is 2.31. The van der Waals surface area contributed by atoms with Gasteiger partial charge in [0.2, 0.25) is 0 Å². The third-order valence-corrected chi connectivity index (χ3v) is 4.53. The molecular formula is C20H14BrN. The summed E-state index contributed by atoms with van der Waals surface area (Å²) in [5.41, 5.74) is 6.07. The summed E-state index contributed by atoms with van der Waals surface area (Å²) < 4.78 is 3.34. The van der Waals surface area contributed by atoms with E-state index >= 15 is 0 Å². The minimum atomic E-state index is 1.12. The van der Waals surface area contributed by atoms with Crippen molar-refractivity contribution in [3.63, 3.8) is 0 Å². The molecule has 22 heavy (non-hydrogen) atoms. The molecule has 4 rings (SSSR count). The van der Waals surface area contributed by atoms with Crippen LogP contribution in [0, 0.1) is 0 Å². The predicted octanol–water partition coefficient (Wildman–Crippen LogP) is 6.04. The maximum Gasteiger partial charge on any atom is 0.0598 e. The summed E-state index contributed by atoms with van der Waals surface area (Å²) in [4.78, 5) is 0. The van der Waals surface area contributed by atoms with Gasteiger partial charge in [0.05, 0.1) is 11.2 Å². The van der Waals surface area contributed by atoms with E-state index in [1.807, 2.05) is 6.07 Å². The average Bonchev–Trinajstić information content (AvgIpc) is 2.93. The fraction of sp³-hybridized carbons (Fsp3) is 0. The van der Waals surface area contributed by atoms with E-state index in [9.17, 15) is 0 Å². The second-order valence-electron chi connectivity index (χ2n) is 5.28. The molecule has 0 amide bonds. The van der Waals surface area contributed by atoms with Crippen LogP contribution >= 0.6 is 15.9 Å². The van der Waals surface area contributed by atoms with Gasteiger partial charge in [0, 0.05) is 10.7 Å². The minimum absolute atomic E-state index is 1.12. The van der Waals surface area contributed by atoms with Crippen molar-refractivity contribution in [3.8, 4) is 22.4 Å². The molecule has 0 aliphatic carbocycles. The van der Waals surface area contributed by atoms with Crippen molar-refractivity contribution in [1.29, 1.82) is 0 Å². The number of fused-ring (bicyclic) bond motifs is 1. The Morgan fingerprint density at radius 2 is 1.36 bits per heavy atom. The van der Waals surface area contributed by atoms with E-state index in [0.717, 1.165) is 4.47 Å². The van der Waals surface area contributed by atoms with Gasteiger partial charge >= 0.3 is 0 Å². The molecule has 2 heterocycles. The van der Waals surface area contributed by atoms with Crippen LogP contribution in [-0.2, 0) is 0 Å². The summed E-state index contributed by atoms with van der Waals surface area (Å²) in [6.07, 6.45) is 2.10. The number of pyridine rings is 1. The Balaban J connectivity index is 1.89. The molecule has 0 fully saturated rings. The first-order valence-corrected chi connectivity index (χ1v) is 8.04. The molecule has 0 spiro atoms. The smallest absolute Gasteiger partial charge is 0.0598 e. The third-order valence-electron chi connectivity index (χ3n) is 3.89. The topological polar surface area (TPSA) is 4.41 Å². The summed E-state index contributed by atoms with van der Waals surface area (Å²) >= 11 is 3.66. The summed E-state index contributed by atoms with van der Waals surface area (Å²) in [5, 5.41) is 0. The Bertz CT molecular complexity index is 938. The first-order valence-electron chi connectivity index (χ1n) is 7.24. The molecular weight excluding hydrogens is 334 g/mol. The molecule has 2 heteroatoms. The highest BCUT2D eigenvalue weighted by Gasteiger charge is 2.09. The van der Waals surface area contributed by atoms with E-state index < -0.39 is 0 Å². The van der Waals surface area contributed by atoms with Crippen LogP contribution in [0.15, 0.2) is 89.5 Å². The fourth-order valence-corrected chi connectivity index (χ4v) is 3.36. The lowest BCUT2D eigenvalue weighted by atomic mass is 10.0. The van der Waals surface area contributed by atoms with E-state index in [1.54, 1.807) is 0 Å². The molecule has 4 aromatic rings. The van der Waals surface area contributed by atoms with Gasteiger partial charge in [0.15, 0.2) is 0 Å². The highest BCUT2D eigenvalue weighted by molar-refractivity contribution is 9.10. The van der Waals surface area contributed by atoms with Crippen molar-refractivity contribution in [1.82, 2.24) is 4.40 Å². The van der Waals surface area contributed by atoms with Crippen molar-refractivity contribution in [3.05, 3.63) is 89.5 Å². The van der Waals surface area contributed by atoms with Crippen molar-refractivity contribution in [2.24, 2.45) is 0 Å². The molecule has 0 aliphatic heterocycles. The van der Waals surface area contributed by atoms with E-state index in [2.05, 4.69) is 99.3 Å². The monoisotopic (exact) mass is 347 g/mol. The average molecular weight is 348 g/mol. The maximum atomic E-state index is 3.66. The highest BCUT2D eigenvalue weighted by atomic mass is 79.9. The fourth-order valence-electron chi connectivity index (χ4n) is 2.82. The van der Waals surface area contributed by atoms with Crippen LogP contribution in [-0.4, -0.2) is 4.40 Å². The van der Waals surface area contributed by atoms with Crippen molar-refractivity contribution in [2.75, 3.05) is 0 Å². The second kappa shape index (κ2) is 5.47. The molecule has 106 valence electrons. The van der Waals surface area contributed by atoms with Gasteiger partial charge in [-0.15, -0.1) is 0 Å². The molecule has 0 saturated carbocycles. The number of halogens is 1. The first kappa shape index (κ1) is 13.4. The van der Waals surface area contributed by atoms with Gasteiger partial charge in [-0.2, -0.15) is 0 Å². The summed E-state index contributed by atoms with van der Waals surface area (Å²) in [6, 6.07) is 27.6. The molecule has 0 radical (unpaired) electrons. The number of hydrogen-bond donors (Lipinski definition) is 0. The van der Waals surface area contributed by atoms with Crippen LogP contribution < -0.4 is 0 Å². The number of benzene rings is 2. The Morgan fingerprint density at radius 1 is 0.636 bits per heavy atom.